The van der Waals surface area contributed by atoms with Crippen LogP contribution in [-0.4, -0.2) is 11.5 Å². The Labute approximate surface area is 123 Å². The van der Waals surface area contributed by atoms with E-state index in [4.69, 9.17) is 23.2 Å². The summed E-state index contributed by atoms with van der Waals surface area (Å²) in [6.07, 6.45) is 2.53. The Hall–Kier alpha value is -1.09. The maximum atomic E-state index is 6.02. The molecule has 1 unspecified atom stereocenters. The third-order valence-electron chi connectivity index (χ3n) is 2.89. The highest BCUT2D eigenvalue weighted by Crippen LogP contribution is 2.20. The minimum atomic E-state index is 0.167. The van der Waals surface area contributed by atoms with Gasteiger partial charge in [-0.15, -0.1) is 0 Å². The first kappa shape index (κ1) is 14.3. The van der Waals surface area contributed by atoms with Crippen LogP contribution in [0.2, 0.25) is 10.0 Å². The fraction of sp³-hybridized carbons (Fsp3) is 0.267. The highest BCUT2D eigenvalue weighted by molar-refractivity contribution is 6.30. The molecule has 1 heterocycles. The molecule has 1 aromatic carbocycles. The Bertz CT molecular complexity index is 526. The van der Waals surface area contributed by atoms with E-state index >= 15 is 0 Å². The van der Waals surface area contributed by atoms with Gasteiger partial charge in [0.2, 0.25) is 0 Å². The van der Waals surface area contributed by atoms with Crippen LogP contribution in [0, 0.1) is 0 Å². The highest BCUT2D eigenvalue weighted by Gasteiger charge is 2.12. The van der Waals surface area contributed by atoms with Crippen molar-refractivity contribution in [2.24, 2.45) is 0 Å². The van der Waals surface area contributed by atoms with Crippen LogP contribution in [0.4, 0.5) is 0 Å². The third kappa shape index (κ3) is 4.20. The fourth-order valence-corrected chi connectivity index (χ4v) is 2.35. The van der Waals surface area contributed by atoms with Gasteiger partial charge < -0.3 is 5.32 Å². The second kappa shape index (κ2) is 6.90. The molecule has 1 aromatic heterocycles. The molecular formula is C15H16Cl2N2. The molecule has 2 nitrogen and oxygen atoms in total. The van der Waals surface area contributed by atoms with Crippen molar-refractivity contribution in [2.75, 3.05) is 6.54 Å². The normalized spacial score (nSPS) is 12.4. The van der Waals surface area contributed by atoms with E-state index in [1.54, 1.807) is 6.20 Å². The van der Waals surface area contributed by atoms with Crippen molar-refractivity contribution in [1.82, 2.24) is 10.3 Å². The minimum absolute atomic E-state index is 0.167. The number of pyridine rings is 1. The molecule has 4 heteroatoms. The SMILES string of the molecule is CCNC(Cc1cccc(Cl)c1)c1ccc(Cl)cn1. The number of hydrogen-bond acceptors (Lipinski definition) is 2. The summed E-state index contributed by atoms with van der Waals surface area (Å²) in [4.78, 5) is 4.39. The molecule has 0 amide bonds. The second-order valence-corrected chi connectivity index (χ2v) is 5.22. The maximum Gasteiger partial charge on any atom is 0.0589 e. The number of likely N-dealkylation sites (N-methyl/N-ethyl adjacent to an activating group) is 1. The third-order valence-corrected chi connectivity index (χ3v) is 3.35. The minimum Gasteiger partial charge on any atom is -0.309 e. The van der Waals surface area contributed by atoms with E-state index in [0.29, 0.717) is 5.02 Å². The summed E-state index contributed by atoms with van der Waals surface area (Å²) in [6.45, 7) is 2.97. The lowest BCUT2D eigenvalue weighted by molar-refractivity contribution is 0.537. The molecule has 0 bridgehead atoms. The van der Waals surface area contributed by atoms with Crippen LogP contribution in [0.3, 0.4) is 0 Å². The van der Waals surface area contributed by atoms with Crippen LogP contribution >= 0.6 is 23.2 Å². The number of nitrogens with one attached hydrogen (secondary N) is 1. The van der Waals surface area contributed by atoms with Gasteiger partial charge in [0.1, 0.15) is 0 Å². The van der Waals surface area contributed by atoms with Crippen LogP contribution in [0.1, 0.15) is 24.2 Å². The van der Waals surface area contributed by atoms with Gasteiger partial charge in [-0.25, -0.2) is 0 Å². The van der Waals surface area contributed by atoms with E-state index in [1.807, 2.05) is 30.3 Å². The van der Waals surface area contributed by atoms with Crippen LogP contribution in [0.5, 0.6) is 0 Å². The van der Waals surface area contributed by atoms with E-state index in [0.717, 1.165) is 23.7 Å². The summed E-state index contributed by atoms with van der Waals surface area (Å²) in [7, 11) is 0. The lowest BCUT2D eigenvalue weighted by Crippen LogP contribution is -2.23. The summed E-state index contributed by atoms with van der Waals surface area (Å²) in [5.41, 5.74) is 2.18. The Balaban J connectivity index is 2.18. The molecule has 1 atom stereocenters. The standard InChI is InChI=1S/C15H16Cl2N2/c1-2-18-15(14-7-6-13(17)10-19-14)9-11-4-3-5-12(16)8-11/h3-8,10,15,18H,2,9H2,1H3. The van der Waals surface area contributed by atoms with Gasteiger partial charge in [0.15, 0.2) is 0 Å². The molecular weight excluding hydrogens is 279 g/mol. The predicted octanol–water partition coefficient (Wildman–Crippen LogP) is 4.28. The van der Waals surface area contributed by atoms with Gasteiger partial charge in [-0.2, -0.15) is 0 Å². The van der Waals surface area contributed by atoms with Crippen molar-refractivity contribution in [3.8, 4) is 0 Å². The van der Waals surface area contributed by atoms with E-state index in [2.05, 4.69) is 23.3 Å². The predicted molar refractivity (Wildman–Crippen MR) is 80.8 cm³/mol. The molecule has 1 N–H and O–H groups in total. The van der Waals surface area contributed by atoms with Gasteiger partial charge in [0, 0.05) is 11.2 Å². The van der Waals surface area contributed by atoms with E-state index in [9.17, 15) is 0 Å². The van der Waals surface area contributed by atoms with Gasteiger partial charge in [0.05, 0.1) is 16.8 Å². The zero-order valence-electron chi connectivity index (χ0n) is 10.7. The number of halogens is 2. The van der Waals surface area contributed by atoms with Crippen LogP contribution in [0.15, 0.2) is 42.6 Å². The largest absolute Gasteiger partial charge is 0.309 e. The average molecular weight is 295 g/mol. The molecule has 0 aliphatic heterocycles. The van der Waals surface area contributed by atoms with Gasteiger partial charge in [0.25, 0.3) is 0 Å². The number of hydrogen-bond donors (Lipinski definition) is 1. The van der Waals surface area contributed by atoms with Crippen molar-refractivity contribution in [1.29, 1.82) is 0 Å². The van der Waals surface area contributed by atoms with Crippen molar-refractivity contribution >= 4 is 23.2 Å². The Morgan fingerprint density at radius 1 is 1.16 bits per heavy atom. The summed E-state index contributed by atoms with van der Waals surface area (Å²) < 4.78 is 0. The first-order valence-electron chi connectivity index (χ1n) is 6.28. The molecule has 19 heavy (non-hydrogen) atoms. The van der Waals surface area contributed by atoms with Crippen LogP contribution in [-0.2, 0) is 6.42 Å². The maximum absolute atomic E-state index is 6.02. The number of rotatable bonds is 5. The second-order valence-electron chi connectivity index (χ2n) is 4.35. The Morgan fingerprint density at radius 2 is 2.00 bits per heavy atom. The van der Waals surface area contributed by atoms with Crippen LogP contribution < -0.4 is 5.32 Å². The molecule has 2 rings (SSSR count). The lowest BCUT2D eigenvalue weighted by Gasteiger charge is -2.17. The topological polar surface area (TPSA) is 24.9 Å². The first-order chi connectivity index (χ1) is 9.19. The molecule has 0 saturated heterocycles. The molecule has 0 radical (unpaired) electrons. The molecule has 0 aliphatic rings. The van der Waals surface area contributed by atoms with Gasteiger partial charge in [-0.1, -0.05) is 42.3 Å². The first-order valence-corrected chi connectivity index (χ1v) is 7.04. The summed E-state index contributed by atoms with van der Waals surface area (Å²) >= 11 is 11.9. The van der Waals surface area contributed by atoms with Crippen molar-refractivity contribution in [2.45, 2.75) is 19.4 Å². The molecule has 0 aliphatic carbocycles. The van der Waals surface area contributed by atoms with Gasteiger partial charge >= 0.3 is 0 Å². The van der Waals surface area contributed by atoms with E-state index < -0.39 is 0 Å². The average Bonchev–Trinajstić information content (AvgIpc) is 2.39. The van der Waals surface area contributed by atoms with Gasteiger partial charge in [-0.05, 0) is 42.8 Å². The summed E-state index contributed by atoms with van der Waals surface area (Å²) in [5, 5.41) is 4.85. The smallest absolute Gasteiger partial charge is 0.0589 e. The van der Waals surface area contributed by atoms with Crippen molar-refractivity contribution in [3.63, 3.8) is 0 Å². The van der Waals surface area contributed by atoms with Gasteiger partial charge in [-0.3, -0.25) is 4.98 Å². The molecule has 0 saturated carbocycles. The molecule has 0 spiro atoms. The van der Waals surface area contributed by atoms with Crippen LogP contribution in [0.25, 0.3) is 0 Å². The van der Waals surface area contributed by atoms with E-state index in [-0.39, 0.29) is 6.04 Å². The molecule has 2 aromatic rings. The zero-order valence-corrected chi connectivity index (χ0v) is 12.2. The monoisotopic (exact) mass is 294 g/mol. The summed E-state index contributed by atoms with van der Waals surface area (Å²) in [5.74, 6) is 0. The Morgan fingerprint density at radius 3 is 2.63 bits per heavy atom. The number of benzene rings is 1. The molecule has 100 valence electrons. The number of aromatic nitrogens is 1. The quantitative estimate of drug-likeness (QED) is 0.890. The summed E-state index contributed by atoms with van der Waals surface area (Å²) in [6, 6.07) is 11.9. The number of nitrogens with zero attached hydrogens (tertiary/aromatic N) is 1. The zero-order chi connectivity index (χ0) is 13.7. The Kier molecular flexibility index (Phi) is 5.20. The molecule has 0 fully saturated rings. The van der Waals surface area contributed by atoms with Crippen molar-refractivity contribution in [3.05, 3.63) is 63.9 Å². The highest BCUT2D eigenvalue weighted by atomic mass is 35.5. The lowest BCUT2D eigenvalue weighted by atomic mass is 10.0. The van der Waals surface area contributed by atoms with E-state index in [1.165, 1.54) is 5.56 Å². The fourth-order valence-electron chi connectivity index (χ4n) is 2.02. The van der Waals surface area contributed by atoms with Crippen molar-refractivity contribution < 1.29 is 0 Å².